The molecular weight excluding hydrogens is 288 g/mol. The van der Waals surface area contributed by atoms with Crippen molar-refractivity contribution in [2.75, 3.05) is 6.54 Å². The second-order valence-corrected chi connectivity index (χ2v) is 4.47. The topological polar surface area (TPSA) is 92.6 Å². The van der Waals surface area contributed by atoms with Crippen molar-refractivity contribution in [1.82, 2.24) is 19.6 Å². The van der Waals surface area contributed by atoms with Crippen LogP contribution < -0.4 is 0 Å². The van der Waals surface area contributed by atoms with Crippen molar-refractivity contribution < 1.29 is 19.2 Å². The maximum atomic E-state index is 12.4. The molecule has 0 atom stereocenters. The standard InChI is InChI=1S/C14H10N4O4/c19-8-7-17(14(22)16-6-5-15-9-16)18-12(20)10-3-1-2-4-11(10)13(18)21/h1-6,8-9H,7H2. The SMILES string of the molecule is O=CCN(C(=O)n1ccnc1)N1C(=O)c2ccccc2C1=O. The molecule has 2 heterocycles. The number of hydrazine groups is 1. The predicted octanol–water partition coefficient (Wildman–Crippen LogP) is 0.563. The van der Waals surface area contributed by atoms with E-state index in [1.165, 1.54) is 30.9 Å². The number of imidazole rings is 1. The van der Waals surface area contributed by atoms with E-state index in [0.29, 0.717) is 11.3 Å². The summed E-state index contributed by atoms with van der Waals surface area (Å²) >= 11 is 0. The number of aromatic nitrogens is 2. The molecular formula is C14H10N4O4. The van der Waals surface area contributed by atoms with Gasteiger partial charge in [0.15, 0.2) is 0 Å². The highest BCUT2D eigenvalue weighted by molar-refractivity contribution is 6.21. The van der Waals surface area contributed by atoms with Gasteiger partial charge in [0.1, 0.15) is 19.2 Å². The lowest BCUT2D eigenvalue weighted by Gasteiger charge is -2.27. The summed E-state index contributed by atoms with van der Waals surface area (Å²) in [6.45, 7) is -0.428. The molecule has 1 aliphatic rings. The third-order valence-electron chi connectivity index (χ3n) is 3.21. The third kappa shape index (κ3) is 1.97. The molecule has 3 rings (SSSR count). The highest BCUT2D eigenvalue weighted by Crippen LogP contribution is 2.24. The summed E-state index contributed by atoms with van der Waals surface area (Å²) in [5.41, 5.74) is 0.392. The Hall–Kier alpha value is -3.29. The Morgan fingerprint density at radius 2 is 1.82 bits per heavy atom. The van der Waals surface area contributed by atoms with Gasteiger partial charge in [-0.3, -0.25) is 14.2 Å². The van der Waals surface area contributed by atoms with Gasteiger partial charge in [0.05, 0.1) is 11.1 Å². The van der Waals surface area contributed by atoms with Crippen molar-refractivity contribution in [3.05, 3.63) is 54.1 Å². The zero-order chi connectivity index (χ0) is 15.7. The van der Waals surface area contributed by atoms with E-state index in [-0.39, 0.29) is 11.1 Å². The molecule has 0 saturated heterocycles. The number of benzene rings is 1. The highest BCUT2D eigenvalue weighted by atomic mass is 16.2. The number of carbonyl (C=O) groups is 4. The lowest BCUT2D eigenvalue weighted by Crippen LogP contribution is -2.51. The molecule has 1 aromatic carbocycles. The van der Waals surface area contributed by atoms with Crippen LogP contribution >= 0.6 is 0 Å². The normalized spacial score (nSPS) is 13.2. The molecule has 2 aromatic rings. The summed E-state index contributed by atoms with van der Waals surface area (Å²) in [6, 6.07) is 5.51. The first kappa shape index (κ1) is 13.7. The first-order valence-corrected chi connectivity index (χ1v) is 6.36. The van der Waals surface area contributed by atoms with Gasteiger partial charge in [0.2, 0.25) is 0 Å². The molecule has 1 aromatic heterocycles. The molecule has 110 valence electrons. The average molecular weight is 298 g/mol. The minimum atomic E-state index is -0.723. The Kier molecular flexibility index (Phi) is 3.26. The molecule has 0 N–H and O–H groups in total. The molecule has 0 bridgehead atoms. The van der Waals surface area contributed by atoms with Crippen LogP contribution in [0.4, 0.5) is 4.79 Å². The van der Waals surface area contributed by atoms with Gasteiger partial charge in [-0.1, -0.05) is 12.1 Å². The zero-order valence-electron chi connectivity index (χ0n) is 11.2. The lowest BCUT2D eigenvalue weighted by molar-refractivity contribution is -0.110. The van der Waals surface area contributed by atoms with E-state index in [1.54, 1.807) is 12.1 Å². The smallest absolute Gasteiger partial charge is 0.301 e. The number of rotatable bonds is 3. The van der Waals surface area contributed by atoms with Gasteiger partial charge in [0, 0.05) is 12.4 Å². The quantitative estimate of drug-likeness (QED) is 0.610. The Bertz CT molecular complexity index is 734. The first-order chi connectivity index (χ1) is 10.6. The molecule has 0 aliphatic carbocycles. The fourth-order valence-corrected chi connectivity index (χ4v) is 2.22. The fourth-order valence-electron chi connectivity index (χ4n) is 2.22. The molecule has 1 aliphatic heterocycles. The molecule has 0 spiro atoms. The first-order valence-electron chi connectivity index (χ1n) is 6.36. The van der Waals surface area contributed by atoms with Crippen LogP contribution in [0.15, 0.2) is 43.0 Å². The van der Waals surface area contributed by atoms with Gasteiger partial charge in [-0.15, -0.1) is 0 Å². The number of carbonyl (C=O) groups excluding carboxylic acids is 4. The van der Waals surface area contributed by atoms with Crippen molar-refractivity contribution in [2.24, 2.45) is 0 Å². The second-order valence-electron chi connectivity index (χ2n) is 4.47. The van der Waals surface area contributed by atoms with Crippen LogP contribution in [0.3, 0.4) is 0 Å². The van der Waals surface area contributed by atoms with Crippen LogP contribution in [0.5, 0.6) is 0 Å². The van der Waals surface area contributed by atoms with E-state index < -0.39 is 24.4 Å². The van der Waals surface area contributed by atoms with Crippen LogP contribution in [0.2, 0.25) is 0 Å². The maximum absolute atomic E-state index is 12.4. The largest absolute Gasteiger partial charge is 0.349 e. The number of imide groups is 1. The van der Waals surface area contributed by atoms with Crippen molar-refractivity contribution in [2.45, 2.75) is 0 Å². The van der Waals surface area contributed by atoms with Crippen LogP contribution in [-0.2, 0) is 4.79 Å². The minimum Gasteiger partial charge on any atom is -0.301 e. The van der Waals surface area contributed by atoms with E-state index >= 15 is 0 Å². The van der Waals surface area contributed by atoms with Gasteiger partial charge in [-0.25, -0.2) is 14.8 Å². The summed E-state index contributed by atoms with van der Waals surface area (Å²) in [5, 5.41) is 1.47. The molecule has 0 unspecified atom stereocenters. The lowest BCUT2D eigenvalue weighted by atomic mass is 10.1. The van der Waals surface area contributed by atoms with Crippen molar-refractivity contribution >= 4 is 24.1 Å². The van der Waals surface area contributed by atoms with Gasteiger partial charge in [0.25, 0.3) is 11.8 Å². The number of aldehydes is 1. The number of hydrogen-bond acceptors (Lipinski definition) is 5. The van der Waals surface area contributed by atoms with E-state index in [2.05, 4.69) is 4.98 Å². The molecule has 22 heavy (non-hydrogen) atoms. The van der Waals surface area contributed by atoms with Gasteiger partial charge >= 0.3 is 6.03 Å². The van der Waals surface area contributed by atoms with Gasteiger partial charge in [-0.2, -0.15) is 5.01 Å². The van der Waals surface area contributed by atoms with E-state index in [9.17, 15) is 19.2 Å². The molecule has 8 nitrogen and oxygen atoms in total. The monoisotopic (exact) mass is 298 g/mol. The van der Waals surface area contributed by atoms with Crippen molar-refractivity contribution in [3.8, 4) is 0 Å². The second kappa shape index (κ2) is 5.24. The number of amides is 3. The van der Waals surface area contributed by atoms with Crippen molar-refractivity contribution in [3.63, 3.8) is 0 Å². The summed E-state index contributed by atoms with van der Waals surface area (Å²) in [6.07, 6.45) is 4.40. The Labute approximate surface area is 124 Å². The Balaban J connectivity index is 2.00. The van der Waals surface area contributed by atoms with E-state index in [1.807, 2.05) is 0 Å². The van der Waals surface area contributed by atoms with Crippen LogP contribution in [0, 0.1) is 0 Å². The number of hydrogen-bond donors (Lipinski definition) is 0. The molecule has 0 saturated carbocycles. The number of fused-ring (bicyclic) bond motifs is 1. The highest BCUT2D eigenvalue weighted by Gasteiger charge is 2.41. The third-order valence-corrected chi connectivity index (χ3v) is 3.21. The number of nitrogens with zero attached hydrogens (tertiary/aromatic N) is 4. The maximum Gasteiger partial charge on any atom is 0.349 e. The molecule has 3 amide bonds. The van der Waals surface area contributed by atoms with Gasteiger partial charge in [-0.05, 0) is 12.1 Å². The van der Waals surface area contributed by atoms with Crippen molar-refractivity contribution in [1.29, 1.82) is 0 Å². The average Bonchev–Trinajstić information content (AvgIpc) is 3.14. The minimum absolute atomic E-state index is 0.196. The van der Waals surface area contributed by atoms with Gasteiger partial charge < -0.3 is 4.79 Å². The van der Waals surface area contributed by atoms with E-state index in [4.69, 9.17) is 0 Å². The van der Waals surface area contributed by atoms with Crippen LogP contribution in [-0.4, -0.2) is 50.2 Å². The summed E-state index contributed by atoms with van der Waals surface area (Å²) in [5.74, 6) is -1.29. The Morgan fingerprint density at radius 3 is 2.32 bits per heavy atom. The zero-order valence-corrected chi connectivity index (χ0v) is 11.2. The fraction of sp³-hybridized carbons (Fsp3) is 0.0714. The Morgan fingerprint density at radius 1 is 1.18 bits per heavy atom. The van der Waals surface area contributed by atoms with Crippen LogP contribution in [0.25, 0.3) is 0 Å². The van der Waals surface area contributed by atoms with E-state index in [0.717, 1.165) is 9.58 Å². The molecule has 0 radical (unpaired) electrons. The summed E-state index contributed by atoms with van der Waals surface area (Å²) < 4.78 is 1.08. The summed E-state index contributed by atoms with van der Waals surface area (Å²) in [7, 11) is 0. The molecule has 8 heteroatoms. The predicted molar refractivity (Wildman–Crippen MR) is 72.7 cm³/mol. The summed E-state index contributed by atoms with van der Waals surface area (Å²) in [4.78, 5) is 51.7. The molecule has 0 fully saturated rings. The van der Waals surface area contributed by atoms with Crippen LogP contribution in [0.1, 0.15) is 20.7 Å².